The van der Waals surface area contributed by atoms with E-state index < -0.39 is 5.82 Å². The molecular weight excluding hydrogens is 407 g/mol. The Morgan fingerprint density at radius 1 is 1.12 bits per heavy atom. The van der Waals surface area contributed by atoms with Crippen molar-refractivity contribution >= 4 is 23.4 Å². The summed E-state index contributed by atoms with van der Waals surface area (Å²) < 4.78 is 14.0. The van der Waals surface area contributed by atoms with E-state index in [0.717, 1.165) is 19.4 Å². The molecule has 1 aromatic carbocycles. The van der Waals surface area contributed by atoms with Crippen LogP contribution in [0.5, 0.6) is 0 Å². The van der Waals surface area contributed by atoms with Gasteiger partial charge in [-0.2, -0.15) is 4.98 Å². The number of carbonyl (C=O) groups is 1. The summed E-state index contributed by atoms with van der Waals surface area (Å²) in [6.07, 6.45) is 8.01. The maximum Gasteiger partial charge on any atom is 0.224 e. The number of aromatic nitrogens is 2. The van der Waals surface area contributed by atoms with Gasteiger partial charge >= 0.3 is 0 Å². The van der Waals surface area contributed by atoms with E-state index in [9.17, 15) is 9.18 Å². The number of benzene rings is 1. The van der Waals surface area contributed by atoms with E-state index in [1.807, 2.05) is 0 Å². The number of piperidine rings is 1. The number of nitrogens with zero attached hydrogens (tertiary/aromatic N) is 3. The lowest BCUT2D eigenvalue weighted by atomic mass is 9.88. The molecule has 2 aromatic rings. The van der Waals surface area contributed by atoms with E-state index in [1.54, 1.807) is 12.1 Å². The molecule has 0 bridgehead atoms. The first-order chi connectivity index (χ1) is 15.4. The lowest BCUT2D eigenvalue weighted by Gasteiger charge is -2.38. The summed E-state index contributed by atoms with van der Waals surface area (Å²) in [7, 11) is 0. The molecule has 2 fully saturated rings. The normalized spacial score (nSPS) is 22.0. The number of nitrogens with one attached hydrogen (secondary N) is 1. The molecular formula is C24H33FN6O. The van der Waals surface area contributed by atoms with Gasteiger partial charge in [-0.1, -0.05) is 25.3 Å². The van der Waals surface area contributed by atoms with Crippen LogP contribution in [0.4, 0.5) is 21.8 Å². The second-order valence-electron chi connectivity index (χ2n) is 9.23. The Kier molecular flexibility index (Phi) is 6.77. The highest BCUT2D eigenvalue weighted by Crippen LogP contribution is 2.31. The molecule has 32 heavy (non-hydrogen) atoms. The van der Waals surface area contributed by atoms with Crippen molar-refractivity contribution in [1.29, 1.82) is 0 Å². The minimum absolute atomic E-state index is 0.0859. The van der Waals surface area contributed by atoms with Crippen LogP contribution in [0, 0.1) is 17.7 Å². The van der Waals surface area contributed by atoms with Crippen LogP contribution >= 0.6 is 0 Å². The van der Waals surface area contributed by atoms with E-state index in [4.69, 9.17) is 11.5 Å². The number of hydrogen-bond acceptors (Lipinski definition) is 6. The Hall–Kier alpha value is -2.90. The predicted molar refractivity (Wildman–Crippen MR) is 125 cm³/mol. The largest absolute Gasteiger partial charge is 0.396 e. The number of nitrogen functional groups attached to an aromatic ring is 2. The standard InChI is InChI=1S/C24H33FN6O/c1-15-7-8-18(23(32)28-13-16-5-3-2-4-6-16)14-31(15)22-12-21(29-24(27)30-22)17-9-10-20(26)19(25)11-17/h9-12,15-16,18H,2-8,13-14,26H2,1H3,(H,28,32)(H2,27,29,30)/t15-,18+/m1/s1. The molecule has 1 aliphatic heterocycles. The second kappa shape index (κ2) is 9.71. The van der Waals surface area contributed by atoms with Crippen molar-refractivity contribution in [2.45, 2.75) is 57.9 Å². The summed E-state index contributed by atoms with van der Waals surface area (Å²) in [4.78, 5) is 23.7. The van der Waals surface area contributed by atoms with Gasteiger partial charge in [-0.25, -0.2) is 9.37 Å². The van der Waals surface area contributed by atoms with E-state index in [1.165, 1.54) is 44.2 Å². The van der Waals surface area contributed by atoms with Gasteiger partial charge in [0.05, 0.1) is 17.3 Å². The highest BCUT2D eigenvalue weighted by atomic mass is 19.1. The number of anilines is 3. The van der Waals surface area contributed by atoms with Crippen LogP contribution in [-0.4, -0.2) is 35.0 Å². The SMILES string of the molecule is C[C@@H]1CC[C@H](C(=O)NCC2CCCCC2)CN1c1cc(-c2ccc(N)c(F)c2)nc(N)n1. The monoisotopic (exact) mass is 440 g/mol. The summed E-state index contributed by atoms with van der Waals surface area (Å²) in [6.45, 7) is 3.47. The van der Waals surface area contributed by atoms with Gasteiger partial charge in [-0.05, 0) is 50.7 Å². The number of halogens is 1. The molecule has 0 spiro atoms. The van der Waals surface area contributed by atoms with Crippen LogP contribution in [0.3, 0.4) is 0 Å². The molecule has 1 aromatic heterocycles. The smallest absolute Gasteiger partial charge is 0.224 e. The number of rotatable bonds is 5. The molecule has 2 atom stereocenters. The third-order valence-electron chi connectivity index (χ3n) is 6.86. The molecule has 0 radical (unpaired) electrons. The number of carbonyl (C=O) groups excluding carboxylic acids is 1. The molecule has 1 saturated heterocycles. The summed E-state index contributed by atoms with van der Waals surface area (Å²) in [5, 5.41) is 3.19. The molecule has 1 aliphatic carbocycles. The van der Waals surface area contributed by atoms with Gasteiger partial charge < -0.3 is 21.7 Å². The van der Waals surface area contributed by atoms with E-state index >= 15 is 0 Å². The Bertz CT molecular complexity index is 962. The summed E-state index contributed by atoms with van der Waals surface area (Å²) >= 11 is 0. The first-order valence-corrected chi connectivity index (χ1v) is 11.6. The van der Waals surface area contributed by atoms with Crippen molar-refractivity contribution in [2.75, 3.05) is 29.5 Å². The molecule has 2 heterocycles. The third-order valence-corrected chi connectivity index (χ3v) is 6.86. The Balaban J connectivity index is 1.48. The van der Waals surface area contributed by atoms with Gasteiger partial charge in [0.15, 0.2) is 0 Å². The Labute approximate surface area is 188 Å². The zero-order valence-corrected chi connectivity index (χ0v) is 18.7. The van der Waals surface area contributed by atoms with Gasteiger partial charge in [0, 0.05) is 30.8 Å². The highest BCUT2D eigenvalue weighted by molar-refractivity contribution is 5.79. The molecule has 2 aliphatic rings. The van der Waals surface area contributed by atoms with Crippen molar-refractivity contribution in [3.05, 3.63) is 30.1 Å². The second-order valence-corrected chi connectivity index (χ2v) is 9.23. The minimum atomic E-state index is -0.498. The van der Waals surface area contributed by atoms with Gasteiger partial charge in [0.2, 0.25) is 11.9 Å². The van der Waals surface area contributed by atoms with Crippen LogP contribution in [0.1, 0.15) is 51.9 Å². The van der Waals surface area contributed by atoms with Crippen molar-refractivity contribution in [3.63, 3.8) is 0 Å². The third kappa shape index (κ3) is 5.11. The maximum atomic E-state index is 14.0. The van der Waals surface area contributed by atoms with Crippen LogP contribution in [0.2, 0.25) is 0 Å². The minimum Gasteiger partial charge on any atom is -0.396 e. The Morgan fingerprint density at radius 2 is 1.91 bits per heavy atom. The lowest BCUT2D eigenvalue weighted by Crippen LogP contribution is -2.48. The molecule has 1 saturated carbocycles. The van der Waals surface area contributed by atoms with E-state index in [0.29, 0.717) is 29.5 Å². The zero-order chi connectivity index (χ0) is 22.7. The Morgan fingerprint density at radius 3 is 2.66 bits per heavy atom. The lowest BCUT2D eigenvalue weighted by molar-refractivity contribution is -0.125. The van der Waals surface area contributed by atoms with Crippen molar-refractivity contribution in [3.8, 4) is 11.3 Å². The van der Waals surface area contributed by atoms with Crippen LogP contribution in [0.25, 0.3) is 11.3 Å². The van der Waals surface area contributed by atoms with E-state index in [-0.39, 0.29) is 29.5 Å². The number of hydrogen-bond donors (Lipinski definition) is 3. The zero-order valence-electron chi connectivity index (χ0n) is 18.7. The quantitative estimate of drug-likeness (QED) is 0.611. The molecule has 7 nitrogen and oxygen atoms in total. The number of amides is 1. The first kappa shape index (κ1) is 22.3. The summed E-state index contributed by atoms with van der Waals surface area (Å²) in [6, 6.07) is 6.59. The van der Waals surface area contributed by atoms with Crippen molar-refractivity contribution < 1.29 is 9.18 Å². The molecule has 0 unspecified atom stereocenters. The van der Waals surface area contributed by atoms with Gasteiger partial charge in [0.25, 0.3) is 0 Å². The average Bonchev–Trinajstić information content (AvgIpc) is 2.80. The fourth-order valence-corrected chi connectivity index (χ4v) is 4.85. The fourth-order valence-electron chi connectivity index (χ4n) is 4.85. The average molecular weight is 441 g/mol. The topological polar surface area (TPSA) is 110 Å². The molecule has 4 rings (SSSR count). The first-order valence-electron chi connectivity index (χ1n) is 11.6. The molecule has 5 N–H and O–H groups in total. The van der Waals surface area contributed by atoms with Crippen molar-refractivity contribution in [2.24, 2.45) is 11.8 Å². The van der Waals surface area contributed by atoms with Crippen molar-refractivity contribution in [1.82, 2.24) is 15.3 Å². The van der Waals surface area contributed by atoms with E-state index in [2.05, 4.69) is 27.1 Å². The van der Waals surface area contributed by atoms with Gasteiger partial charge in [0.1, 0.15) is 11.6 Å². The summed E-state index contributed by atoms with van der Waals surface area (Å²) in [5.74, 6) is 0.907. The molecule has 172 valence electrons. The van der Waals surface area contributed by atoms with Gasteiger partial charge in [-0.15, -0.1) is 0 Å². The highest BCUT2D eigenvalue weighted by Gasteiger charge is 2.31. The fraction of sp³-hybridized carbons (Fsp3) is 0.542. The number of nitrogens with two attached hydrogens (primary N) is 2. The maximum absolute atomic E-state index is 14.0. The molecule has 8 heteroatoms. The van der Waals surface area contributed by atoms with Crippen LogP contribution in [-0.2, 0) is 4.79 Å². The molecule has 1 amide bonds. The van der Waals surface area contributed by atoms with Gasteiger partial charge in [-0.3, -0.25) is 4.79 Å². The van der Waals surface area contributed by atoms with Crippen LogP contribution in [0.15, 0.2) is 24.3 Å². The predicted octanol–water partition coefficient (Wildman–Crippen LogP) is 3.75. The van der Waals surface area contributed by atoms with Crippen LogP contribution < -0.4 is 21.7 Å². The summed E-state index contributed by atoms with van der Waals surface area (Å²) in [5.41, 5.74) is 12.8.